The van der Waals surface area contributed by atoms with Crippen molar-refractivity contribution in [3.8, 4) is 5.75 Å². The molecule has 0 aliphatic rings. The van der Waals surface area contributed by atoms with Gasteiger partial charge in [-0.15, -0.1) is 11.3 Å². The van der Waals surface area contributed by atoms with Crippen molar-refractivity contribution in [1.82, 2.24) is 5.32 Å². The zero-order chi connectivity index (χ0) is 13.8. The Kier molecular flexibility index (Phi) is 4.86. The molecule has 1 atom stereocenters. The lowest BCUT2D eigenvalue weighted by Crippen LogP contribution is -2.18. The molecule has 0 radical (unpaired) electrons. The largest absolute Gasteiger partial charge is 0.496 e. The van der Waals surface area contributed by atoms with Crippen molar-refractivity contribution in [2.75, 3.05) is 14.2 Å². The lowest BCUT2D eigenvalue weighted by molar-refractivity contribution is 0.405. The molecule has 2 aromatic rings. The van der Waals surface area contributed by atoms with Gasteiger partial charge in [0, 0.05) is 11.1 Å². The van der Waals surface area contributed by atoms with E-state index in [-0.39, 0.29) is 6.04 Å². The highest BCUT2D eigenvalue weighted by Gasteiger charge is 2.17. The molecule has 1 heterocycles. The maximum atomic E-state index is 6.31. The first-order valence-corrected chi connectivity index (χ1v) is 7.45. The van der Waals surface area contributed by atoms with Crippen LogP contribution in [0.15, 0.2) is 29.6 Å². The number of hydrogen-bond acceptors (Lipinski definition) is 3. The number of hydrogen-bond donors (Lipinski definition) is 1. The number of methoxy groups -OCH3 is 1. The fourth-order valence-corrected chi connectivity index (χ4v) is 3.38. The van der Waals surface area contributed by atoms with Crippen LogP contribution in [0.3, 0.4) is 0 Å². The molecule has 0 fully saturated rings. The van der Waals surface area contributed by atoms with Crippen molar-refractivity contribution in [2.24, 2.45) is 0 Å². The summed E-state index contributed by atoms with van der Waals surface area (Å²) in [7, 11) is 3.67. The van der Waals surface area contributed by atoms with Crippen molar-refractivity contribution in [1.29, 1.82) is 0 Å². The molecule has 1 aromatic carbocycles. The van der Waals surface area contributed by atoms with Crippen molar-refractivity contribution < 1.29 is 4.74 Å². The number of halogens is 1. The van der Waals surface area contributed by atoms with E-state index in [1.807, 2.05) is 26.1 Å². The lowest BCUT2D eigenvalue weighted by atomic mass is 10.0. The maximum absolute atomic E-state index is 6.31. The highest BCUT2D eigenvalue weighted by Crippen LogP contribution is 2.33. The van der Waals surface area contributed by atoms with Crippen molar-refractivity contribution >= 4 is 22.9 Å². The number of likely N-dealkylation sites (N-methyl/N-ethyl adjacent to an activating group) is 1. The number of ether oxygens (including phenoxy) is 1. The van der Waals surface area contributed by atoms with E-state index in [1.54, 1.807) is 18.4 Å². The average molecular weight is 296 g/mol. The molecule has 0 saturated carbocycles. The zero-order valence-electron chi connectivity index (χ0n) is 11.4. The third-order valence-corrected chi connectivity index (χ3v) is 4.54. The van der Waals surface area contributed by atoms with Gasteiger partial charge < -0.3 is 10.1 Å². The molecule has 102 valence electrons. The molecule has 2 nitrogen and oxygen atoms in total. The summed E-state index contributed by atoms with van der Waals surface area (Å²) in [6.07, 6.45) is 0.854. The van der Waals surface area contributed by atoms with Gasteiger partial charge in [0.2, 0.25) is 0 Å². The minimum Gasteiger partial charge on any atom is -0.496 e. The first-order valence-electron chi connectivity index (χ1n) is 6.19. The van der Waals surface area contributed by atoms with Crippen LogP contribution in [0.4, 0.5) is 0 Å². The van der Waals surface area contributed by atoms with Crippen LogP contribution in [0.2, 0.25) is 5.02 Å². The lowest BCUT2D eigenvalue weighted by Gasteiger charge is -2.17. The number of rotatable bonds is 5. The molecule has 0 bridgehead atoms. The van der Waals surface area contributed by atoms with Gasteiger partial charge in [0.15, 0.2) is 0 Å². The Morgan fingerprint density at radius 2 is 2.16 bits per heavy atom. The predicted molar refractivity (Wildman–Crippen MR) is 82.6 cm³/mol. The number of thiophene rings is 1. The molecule has 1 unspecified atom stereocenters. The summed E-state index contributed by atoms with van der Waals surface area (Å²) in [5.74, 6) is 0.938. The van der Waals surface area contributed by atoms with Crippen LogP contribution in [0.25, 0.3) is 0 Å². The van der Waals surface area contributed by atoms with Crippen LogP contribution >= 0.6 is 22.9 Å². The summed E-state index contributed by atoms with van der Waals surface area (Å²) in [5, 5.41) is 6.22. The SMILES string of the molecule is CNC(Cc1ccc(C)cc1Cl)c1sccc1OC. The van der Waals surface area contributed by atoms with Gasteiger partial charge in [0.1, 0.15) is 5.75 Å². The second-order valence-corrected chi connectivity index (χ2v) is 5.85. The van der Waals surface area contributed by atoms with Crippen LogP contribution in [0, 0.1) is 6.92 Å². The van der Waals surface area contributed by atoms with Crippen LogP contribution in [-0.4, -0.2) is 14.2 Å². The molecule has 4 heteroatoms. The second kappa shape index (κ2) is 6.42. The van der Waals surface area contributed by atoms with Gasteiger partial charge in [-0.3, -0.25) is 0 Å². The highest BCUT2D eigenvalue weighted by molar-refractivity contribution is 7.10. The summed E-state index contributed by atoms with van der Waals surface area (Å²) >= 11 is 8.01. The Bertz CT molecular complexity index is 553. The second-order valence-electron chi connectivity index (χ2n) is 4.49. The third kappa shape index (κ3) is 3.30. The molecule has 0 aliphatic heterocycles. The van der Waals surface area contributed by atoms with Gasteiger partial charge in [-0.2, -0.15) is 0 Å². The molecular formula is C15H18ClNOS. The van der Waals surface area contributed by atoms with E-state index in [4.69, 9.17) is 16.3 Å². The van der Waals surface area contributed by atoms with Gasteiger partial charge in [-0.1, -0.05) is 23.7 Å². The van der Waals surface area contributed by atoms with Crippen molar-refractivity contribution in [2.45, 2.75) is 19.4 Å². The van der Waals surface area contributed by atoms with Gasteiger partial charge >= 0.3 is 0 Å². The molecular weight excluding hydrogens is 278 g/mol. The Labute approximate surface area is 123 Å². The summed E-state index contributed by atoms with van der Waals surface area (Å²) in [5.41, 5.74) is 2.34. The fourth-order valence-electron chi connectivity index (χ4n) is 2.10. The normalized spacial score (nSPS) is 12.4. The number of aryl methyl sites for hydroxylation is 1. The molecule has 1 aromatic heterocycles. The van der Waals surface area contributed by atoms with E-state index in [0.29, 0.717) is 0 Å². The molecule has 2 rings (SSSR count). The van der Waals surface area contributed by atoms with E-state index in [0.717, 1.165) is 22.8 Å². The molecule has 0 saturated heterocycles. The Morgan fingerprint density at radius 1 is 1.37 bits per heavy atom. The standard InChI is InChI=1S/C15H18ClNOS/c1-10-4-5-11(12(16)8-10)9-13(17-2)15-14(18-3)6-7-19-15/h4-8,13,17H,9H2,1-3H3. The van der Waals surface area contributed by atoms with Crippen molar-refractivity contribution in [3.63, 3.8) is 0 Å². The molecule has 19 heavy (non-hydrogen) atoms. The summed E-state index contributed by atoms with van der Waals surface area (Å²) in [6.45, 7) is 2.05. The molecule has 0 spiro atoms. The minimum absolute atomic E-state index is 0.218. The zero-order valence-corrected chi connectivity index (χ0v) is 12.9. The Hall–Kier alpha value is -1.03. The van der Waals surface area contributed by atoms with E-state index in [1.165, 1.54) is 10.4 Å². The fraction of sp³-hybridized carbons (Fsp3) is 0.333. The van der Waals surface area contributed by atoms with Crippen LogP contribution in [-0.2, 0) is 6.42 Å². The maximum Gasteiger partial charge on any atom is 0.134 e. The molecule has 0 aliphatic carbocycles. The first kappa shape index (κ1) is 14.4. The van der Waals surface area contributed by atoms with E-state index < -0.39 is 0 Å². The van der Waals surface area contributed by atoms with Gasteiger partial charge in [-0.05, 0) is 49.0 Å². The Balaban J connectivity index is 2.24. The van der Waals surface area contributed by atoms with Crippen LogP contribution in [0.1, 0.15) is 22.0 Å². The van der Waals surface area contributed by atoms with E-state index >= 15 is 0 Å². The smallest absolute Gasteiger partial charge is 0.134 e. The van der Waals surface area contributed by atoms with Gasteiger partial charge in [0.25, 0.3) is 0 Å². The molecule has 0 amide bonds. The average Bonchev–Trinajstić information content (AvgIpc) is 2.86. The number of benzene rings is 1. The minimum atomic E-state index is 0.218. The monoisotopic (exact) mass is 295 g/mol. The van der Waals surface area contributed by atoms with E-state index in [9.17, 15) is 0 Å². The molecule has 1 N–H and O–H groups in total. The third-order valence-electron chi connectivity index (χ3n) is 3.17. The van der Waals surface area contributed by atoms with Gasteiger partial charge in [-0.25, -0.2) is 0 Å². The van der Waals surface area contributed by atoms with Crippen LogP contribution in [0.5, 0.6) is 5.75 Å². The summed E-state index contributed by atoms with van der Waals surface area (Å²) < 4.78 is 5.39. The van der Waals surface area contributed by atoms with Crippen molar-refractivity contribution in [3.05, 3.63) is 50.7 Å². The Morgan fingerprint density at radius 3 is 2.79 bits per heavy atom. The highest BCUT2D eigenvalue weighted by atomic mass is 35.5. The van der Waals surface area contributed by atoms with Gasteiger partial charge in [0.05, 0.1) is 12.0 Å². The van der Waals surface area contributed by atoms with Crippen LogP contribution < -0.4 is 10.1 Å². The van der Waals surface area contributed by atoms with E-state index in [2.05, 4.69) is 22.8 Å². The number of nitrogens with one attached hydrogen (secondary N) is 1. The summed E-state index contributed by atoms with van der Waals surface area (Å²) in [6, 6.07) is 8.42. The topological polar surface area (TPSA) is 21.3 Å². The predicted octanol–water partition coefficient (Wildman–Crippen LogP) is 4.22. The summed E-state index contributed by atoms with van der Waals surface area (Å²) in [4.78, 5) is 1.21. The first-order chi connectivity index (χ1) is 9.15. The quantitative estimate of drug-likeness (QED) is 0.891.